The molecule has 0 unspecified atom stereocenters. The van der Waals surface area contributed by atoms with Gasteiger partial charge >= 0.3 is 0 Å². The standard InChI is InChI=1S/C24H26N4O3S/c1-18(29)10-4-2-7-14-21(24-26-17-22(27-24)19-11-5-3-6-12-19)28-32(30,31)23-15-9-8-13-20(23)16-25/h3,5-6,8-9,11-13,15,17,21,28H,2,4,7,10,14H2,1H3,(H,26,27)/p+1/t21-/m0/s1. The average Bonchev–Trinajstić information content (AvgIpc) is 3.28. The van der Waals surface area contributed by atoms with Crippen LogP contribution >= 0.6 is 0 Å². The van der Waals surface area contributed by atoms with Gasteiger partial charge in [0.05, 0.1) is 10.5 Å². The Morgan fingerprint density at radius 2 is 1.81 bits per heavy atom. The van der Waals surface area contributed by atoms with Crippen LogP contribution in [0.2, 0.25) is 0 Å². The van der Waals surface area contributed by atoms with Crippen LogP contribution in [-0.4, -0.2) is 19.2 Å². The summed E-state index contributed by atoms with van der Waals surface area (Å²) in [4.78, 5) is 17.6. The second-order valence-corrected chi connectivity index (χ2v) is 9.37. The van der Waals surface area contributed by atoms with E-state index in [-0.39, 0.29) is 16.2 Å². The fraction of sp³-hybridized carbons (Fsp3) is 0.292. The van der Waals surface area contributed by atoms with E-state index in [1.807, 2.05) is 42.6 Å². The number of carbonyl (C=O) groups is 1. The van der Waals surface area contributed by atoms with Gasteiger partial charge in [-0.3, -0.25) is 0 Å². The summed E-state index contributed by atoms with van der Waals surface area (Å²) in [6, 6.07) is 17.3. The maximum atomic E-state index is 13.1. The molecule has 0 aliphatic heterocycles. The van der Waals surface area contributed by atoms with Gasteiger partial charge in [-0.15, -0.1) is 0 Å². The highest BCUT2D eigenvalue weighted by molar-refractivity contribution is 7.89. The van der Waals surface area contributed by atoms with Gasteiger partial charge in [0.2, 0.25) is 10.0 Å². The highest BCUT2D eigenvalue weighted by atomic mass is 32.2. The number of hydrogen-bond donors (Lipinski definition) is 2. The van der Waals surface area contributed by atoms with Crippen LogP contribution in [0.25, 0.3) is 11.3 Å². The molecule has 1 heterocycles. The molecule has 0 aliphatic rings. The molecule has 0 spiro atoms. The van der Waals surface area contributed by atoms with Gasteiger partial charge in [0.1, 0.15) is 24.1 Å². The first-order chi connectivity index (χ1) is 15.4. The number of benzene rings is 2. The molecule has 0 saturated carbocycles. The van der Waals surface area contributed by atoms with Crippen molar-refractivity contribution in [3.05, 3.63) is 72.2 Å². The fourth-order valence-corrected chi connectivity index (χ4v) is 4.93. The number of aromatic nitrogens is 2. The van der Waals surface area contributed by atoms with E-state index in [9.17, 15) is 18.5 Å². The van der Waals surface area contributed by atoms with Gasteiger partial charge in [-0.05, 0) is 31.9 Å². The number of ketones is 1. The Morgan fingerprint density at radius 1 is 1.09 bits per heavy atom. The third-order valence-corrected chi connectivity index (χ3v) is 6.72. The molecule has 0 saturated heterocycles. The molecule has 1 aromatic heterocycles. The number of nitrogens with zero attached hydrogens (tertiary/aromatic N) is 1. The van der Waals surface area contributed by atoms with Gasteiger partial charge in [0.25, 0.3) is 5.82 Å². The summed E-state index contributed by atoms with van der Waals surface area (Å²) < 4.78 is 29.0. The van der Waals surface area contributed by atoms with Crippen molar-refractivity contribution in [1.29, 1.82) is 5.26 Å². The van der Waals surface area contributed by atoms with Gasteiger partial charge in [-0.2, -0.15) is 9.98 Å². The van der Waals surface area contributed by atoms with E-state index in [4.69, 9.17) is 0 Å². The molecule has 32 heavy (non-hydrogen) atoms. The highest BCUT2D eigenvalue weighted by Crippen LogP contribution is 2.24. The molecule has 0 amide bonds. The number of nitrogens with one attached hydrogen (secondary N) is 3. The number of nitriles is 1. The van der Waals surface area contributed by atoms with E-state index in [1.165, 1.54) is 12.1 Å². The number of Topliss-reactive ketones (excluding diaryl/α,β-unsaturated/α-hetero) is 1. The smallest absolute Gasteiger partial charge is 0.270 e. The number of hydrogen-bond acceptors (Lipinski definition) is 4. The third-order valence-electron chi connectivity index (χ3n) is 5.19. The largest absolute Gasteiger partial charge is 0.300 e. The number of rotatable bonds is 11. The molecular formula is C24H27N4O3S+. The van der Waals surface area contributed by atoms with E-state index in [0.717, 1.165) is 30.5 Å². The van der Waals surface area contributed by atoms with Gasteiger partial charge in [0, 0.05) is 12.0 Å². The quantitative estimate of drug-likeness (QED) is 0.430. The van der Waals surface area contributed by atoms with Gasteiger partial charge in [-0.25, -0.2) is 18.4 Å². The SMILES string of the molecule is CC(=O)CCCCC[C@H](NS(=O)(=O)c1ccccc1C#N)c1[nH]c(-c2ccccc2)c[nH+]1. The predicted molar refractivity (Wildman–Crippen MR) is 121 cm³/mol. The third kappa shape index (κ3) is 6.13. The zero-order valence-corrected chi connectivity index (χ0v) is 18.8. The van der Waals surface area contributed by atoms with Crippen LogP contribution < -0.4 is 9.71 Å². The van der Waals surface area contributed by atoms with Crippen molar-refractivity contribution < 1.29 is 18.2 Å². The first kappa shape index (κ1) is 23.4. The highest BCUT2D eigenvalue weighted by Gasteiger charge is 2.28. The summed E-state index contributed by atoms with van der Waals surface area (Å²) in [5.41, 5.74) is 1.92. The van der Waals surface area contributed by atoms with E-state index in [1.54, 1.807) is 19.1 Å². The molecule has 3 aromatic rings. The maximum Gasteiger partial charge on any atom is 0.270 e. The van der Waals surface area contributed by atoms with Crippen LogP contribution in [0.4, 0.5) is 0 Å². The van der Waals surface area contributed by atoms with Crippen LogP contribution in [0.5, 0.6) is 0 Å². The van der Waals surface area contributed by atoms with Crippen molar-refractivity contribution >= 4 is 15.8 Å². The number of aromatic amines is 2. The summed E-state index contributed by atoms with van der Waals surface area (Å²) in [5, 5.41) is 9.33. The van der Waals surface area contributed by atoms with Crippen molar-refractivity contribution in [2.45, 2.75) is 50.0 Å². The van der Waals surface area contributed by atoms with Crippen molar-refractivity contribution in [3.63, 3.8) is 0 Å². The molecular weight excluding hydrogens is 424 g/mol. The van der Waals surface area contributed by atoms with Crippen molar-refractivity contribution in [2.75, 3.05) is 0 Å². The van der Waals surface area contributed by atoms with Gasteiger partial charge in [-0.1, -0.05) is 55.3 Å². The number of H-pyrrole nitrogens is 2. The van der Waals surface area contributed by atoms with Crippen LogP contribution in [-0.2, 0) is 14.8 Å². The Hall–Kier alpha value is -3.28. The minimum atomic E-state index is -3.93. The van der Waals surface area contributed by atoms with E-state index in [2.05, 4.69) is 14.7 Å². The summed E-state index contributed by atoms with van der Waals surface area (Å²) in [5.74, 6) is 0.786. The van der Waals surface area contributed by atoms with E-state index >= 15 is 0 Å². The van der Waals surface area contributed by atoms with E-state index < -0.39 is 16.1 Å². The van der Waals surface area contributed by atoms with Crippen molar-refractivity contribution in [3.8, 4) is 17.3 Å². The lowest BCUT2D eigenvalue weighted by Crippen LogP contribution is -2.32. The van der Waals surface area contributed by atoms with Crippen LogP contribution in [0.1, 0.15) is 56.5 Å². The predicted octanol–water partition coefficient (Wildman–Crippen LogP) is 3.93. The molecule has 0 fully saturated rings. The minimum absolute atomic E-state index is 0.0427. The maximum absolute atomic E-state index is 13.1. The van der Waals surface area contributed by atoms with E-state index in [0.29, 0.717) is 18.7 Å². The fourth-order valence-electron chi connectivity index (χ4n) is 3.53. The normalized spacial score (nSPS) is 12.2. The lowest BCUT2D eigenvalue weighted by molar-refractivity contribution is -0.391. The molecule has 166 valence electrons. The first-order valence-electron chi connectivity index (χ1n) is 10.6. The molecule has 2 aromatic carbocycles. The Balaban J connectivity index is 1.83. The zero-order valence-electron chi connectivity index (χ0n) is 18.0. The summed E-state index contributed by atoms with van der Waals surface area (Å²) >= 11 is 0. The Labute approximate surface area is 188 Å². The second-order valence-electron chi connectivity index (χ2n) is 7.69. The second kappa shape index (κ2) is 10.8. The molecule has 8 heteroatoms. The van der Waals surface area contributed by atoms with Crippen LogP contribution in [0.15, 0.2) is 65.7 Å². The lowest BCUT2D eigenvalue weighted by Gasteiger charge is -2.15. The van der Waals surface area contributed by atoms with Crippen LogP contribution in [0.3, 0.4) is 0 Å². The van der Waals surface area contributed by atoms with Gasteiger partial charge in [0.15, 0.2) is 5.69 Å². The number of sulfonamides is 1. The summed E-state index contributed by atoms with van der Waals surface area (Å²) in [6.45, 7) is 1.57. The lowest BCUT2D eigenvalue weighted by atomic mass is 10.1. The Bertz CT molecular complexity index is 1200. The average molecular weight is 452 g/mol. The number of imidazole rings is 1. The van der Waals surface area contributed by atoms with Crippen molar-refractivity contribution in [1.82, 2.24) is 9.71 Å². The van der Waals surface area contributed by atoms with Gasteiger partial charge < -0.3 is 4.79 Å². The molecule has 7 nitrogen and oxygen atoms in total. The molecule has 0 aliphatic carbocycles. The minimum Gasteiger partial charge on any atom is -0.300 e. The number of carbonyl (C=O) groups excluding carboxylic acids is 1. The molecule has 3 N–H and O–H groups in total. The molecule has 0 radical (unpaired) electrons. The Kier molecular flexibility index (Phi) is 7.92. The first-order valence-corrected chi connectivity index (χ1v) is 12.1. The number of unbranched alkanes of at least 4 members (excludes halogenated alkanes) is 2. The molecule has 3 rings (SSSR count). The molecule has 0 bridgehead atoms. The Morgan fingerprint density at radius 3 is 2.53 bits per heavy atom. The van der Waals surface area contributed by atoms with Crippen LogP contribution in [0, 0.1) is 11.3 Å². The summed E-state index contributed by atoms with van der Waals surface area (Å²) in [7, 11) is -3.93. The monoisotopic (exact) mass is 451 g/mol. The van der Waals surface area contributed by atoms with Crippen molar-refractivity contribution in [2.24, 2.45) is 0 Å². The zero-order chi connectivity index (χ0) is 23.0. The summed E-state index contributed by atoms with van der Waals surface area (Å²) in [6.07, 6.45) is 5.21. The topological polar surface area (TPSA) is 117 Å². The molecule has 1 atom stereocenters.